The molecule has 5 heteroatoms. The van der Waals surface area contributed by atoms with Crippen LogP contribution in [0.15, 0.2) is 18.3 Å². The van der Waals surface area contributed by atoms with Crippen LogP contribution in [0.25, 0.3) is 0 Å². The van der Waals surface area contributed by atoms with E-state index >= 15 is 0 Å². The standard InChI is InChI=1S/C18H25N3O2/c1-21(2)17-14(7-4-8-19-17)11-20-18(23)15-9-12-5-3-6-13(10-15)16(12)22/h4,7-8,12-13,15H,3,5-6,9-11H2,1-2H3,(H,20,23). The molecule has 1 aromatic rings. The predicted octanol–water partition coefficient (Wildman–Crippen LogP) is 2.16. The minimum atomic E-state index is -0.0116. The van der Waals surface area contributed by atoms with Crippen LogP contribution in [0.5, 0.6) is 0 Å². The van der Waals surface area contributed by atoms with Crippen LogP contribution >= 0.6 is 0 Å². The molecule has 1 amide bonds. The number of rotatable bonds is 4. The van der Waals surface area contributed by atoms with Crippen molar-refractivity contribution in [2.75, 3.05) is 19.0 Å². The molecule has 0 spiro atoms. The number of Topliss-reactive ketones (excluding diaryl/α,β-unsaturated/α-hetero) is 1. The molecule has 124 valence electrons. The highest BCUT2D eigenvalue weighted by Gasteiger charge is 2.41. The summed E-state index contributed by atoms with van der Waals surface area (Å²) in [6.07, 6.45) is 6.29. The van der Waals surface area contributed by atoms with E-state index in [1.54, 1.807) is 6.20 Å². The molecule has 2 unspecified atom stereocenters. The van der Waals surface area contributed by atoms with Gasteiger partial charge in [0.1, 0.15) is 11.6 Å². The summed E-state index contributed by atoms with van der Waals surface area (Å²) in [5.74, 6) is 1.60. The van der Waals surface area contributed by atoms with Gasteiger partial charge in [0.2, 0.25) is 5.91 Å². The topological polar surface area (TPSA) is 62.3 Å². The van der Waals surface area contributed by atoms with E-state index in [1.165, 1.54) is 0 Å². The lowest BCUT2D eigenvalue weighted by molar-refractivity contribution is -0.137. The van der Waals surface area contributed by atoms with Gasteiger partial charge in [-0.05, 0) is 31.7 Å². The van der Waals surface area contributed by atoms with E-state index in [2.05, 4.69) is 10.3 Å². The fourth-order valence-corrected chi connectivity index (χ4v) is 3.99. The molecule has 23 heavy (non-hydrogen) atoms. The van der Waals surface area contributed by atoms with Crippen LogP contribution in [0.3, 0.4) is 0 Å². The molecule has 0 radical (unpaired) electrons. The summed E-state index contributed by atoms with van der Waals surface area (Å²) in [4.78, 5) is 31.0. The Hall–Kier alpha value is -1.91. The molecule has 2 atom stereocenters. The summed E-state index contributed by atoms with van der Waals surface area (Å²) in [6, 6.07) is 3.87. The Balaban J connectivity index is 1.61. The minimum absolute atomic E-state index is 0.0116. The smallest absolute Gasteiger partial charge is 0.223 e. The molecular weight excluding hydrogens is 290 g/mol. The van der Waals surface area contributed by atoms with Crippen LogP contribution in [0.4, 0.5) is 5.82 Å². The fraction of sp³-hybridized carbons (Fsp3) is 0.611. The average molecular weight is 315 g/mol. The lowest BCUT2D eigenvalue weighted by atomic mass is 9.67. The first-order valence-electron chi connectivity index (χ1n) is 8.49. The maximum Gasteiger partial charge on any atom is 0.223 e. The Morgan fingerprint density at radius 1 is 1.30 bits per heavy atom. The van der Waals surface area contributed by atoms with E-state index in [0.717, 1.165) is 43.5 Å². The van der Waals surface area contributed by atoms with Gasteiger partial charge in [0, 0.05) is 50.2 Å². The normalized spacial score (nSPS) is 26.7. The lowest BCUT2D eigenvalue weighted by Crippen LogP contribution is -2.42. The maximum absolute atomic E-state index is 12.5. The van der Waals surface area contributed by atoms with Crippen molar-refractivity contribution in [3.8, 4) is 0 Å². The van der Waals surface area contributed by atoms with Crippen LogP contribution in [0.2, 0.25) is 0 Å². The molecule has 2 aliphatic carbocycles. The first kappa shape index (κ1) is 16.0. The molecule has 2 fully saturated rings. The van der Waals surface area contributed by atoms with Gasteiger partial charge in [-0.3, -0.25) is 9.59 Å². The number of hydrogen-bond acceptors (Lipinski definition) is 4. The summed E-state index contributed by atoms with van der Waals surface area (Å²) in [5.41, 5.74) is 1.01. The lowest BCUT2D eigenvalue weighted by Gasteiger charge is -2.37. The number of carbonyl (C=O) groups is 2. The van der Waals surface area contributed by atoms with E-state index in [1.807, 2.05) is 31.1 Å². The highest BCUT2D eigenvalue weighted by molar-refractivity contribution is 5.88. The summed E-state index contributed by atoms with van der Waals surface area (Å²) in [6.45, 7) is 0.486. The first-order valence-corrected chi connectivity index (χ1v) is 8.49. The monoisotopic (exact) mass is 315 g/mol. The Labute approximate surface area is 137 Å². The van der Waals surface area contributed by atoms with E-state index < -0.39 is 0 Å². The summed E-state index contributed by atoms with van der Waals surface area (Å²) >= 11 is 0. The van der Waals surface area contributed by atoms with Gasteiger partial charge in [0.15, 0.2) is 0 Å². The molecule has 0 aromatic carbocycles. The maximum atomic E-state index is 12.5. The number of pyridine rings is 1. The molecule has 3 rings (SSSR count). The number of amides is 1. The van der Waals surface area contributed by atoms with Gasteiger partial charge in [0.25, 0.3) is 0 Å². The van der Waals surface area contributed by atoms with Crippen LogP contribution < -0.4 is 10.2 Å². The van der Waals surface area contributed by atoms with Crippen LogP contribution in [-0.2, 0) is 16.1 Å². The predicted molar refractivity (Wildman–Crippen MR) is 89.0 cm³/mol. The van der Waals surface area contributed by atoms with E-state index in [0.29, 0.717) is 12.3 Å². The molecular formula is C18H25N3O2. The van der Waals surface area contributed by atoms with Gasteiger partial charge in [-0.15, -0.1) is 0 Å². The second-order valence-corrected chi connectivity index (χ2v) is 6.99. The zero-order valence-electron chi connectivity index (χ0n) is 13.9. The third kappa shape index (κ3) is 3.38. The summed E-state index contributed by atoms with van der Waals surface area (Å²) < 4.78 is 0. The fourth-order valence-electron chi connectivity index (χ4n) is 3.99. The van der Waals surface area contributed by atoms with Gasteiger partial charge in [-0.2, -0.15) is 0 Å². The highest BCUT2D eigenvalue weighted by Crippen LogP contribution is 2.40. The third-order valence-electron chi connectivity index (χ3n) is 5.16. The van der Waals surface area contributed by atoms with Crippen molar-refractivity contribution in [2.45, 2.75) is 38.6 Å². The number of anilines is 1. The van der Waals surface area contributed by atoms with Crippen LogP contribution in [-0.4, -0.2) is 30.8 Å². The van der Waals surface area contributed by atoms with Gasteiger partial charge in [-0.25, -0.2) is 4.98 Å². The zero-order chi connectivity index (χ0) is 16.4. The van der Waals surface area contributed by atoms with Crippen molar-refractivity contribution in [3.05, 3.63) is 23.9 Å². The minimum Gasteiger partial charge on any atom is -0.362 e. The second kappa shape index (κ2) is 6.69. The molecule has 1 N–H and O–H groups in total. The molecule has 2 saturated carbocycles. The zero-order valence-corrected chi connectivity index (χ0v) is 13.9. The number of nitrogens with one attached hydrogen (secondary N) is 1. The molecule has 5 nitrogen and oxygen atoms in total. The number of hydrogen-bond donors (Lipinski definition) is 1. The Morgan fingerprint density at radius 2 is 2.00 bits per heavy atom. The third-order valence-corrected chi connectivity index (χ3v) is 5.16. The number of ketones is 1. The van der Waals surface area contributed by atoms with Gasteiger partial charge >= 0.3 is 0 Å². The number of fused-ring (bicyclic) bond motifs is 2. The number of aromatic nitrogens is 1. The van der Waals surface area contributed by atoms with Gasteiger partial charge < -0.3 is 10.2 Å². The molecule has 1 aromatic heterocycles. The van der Waals surface area contributed by atoms with Crippen molar-refractivity contribution in [1.82, 2.24) is 10.3 Å². The Kier molecular flexibility index (Phi) is 4.64. The summed E-state index contributed by atoms with van der Waals surface area (Å²) in [5, 5.41) is 3.05. The van der Waals surface area contributed by atoms with E-state index in [-0.39, 0.29) is 23.7 Å². The van der Waals surface area contributed by atoms with Crippen molar-refractivity contribution >= 4 is 17.5 Å². The first-order chi connectivity index (χ1) is 11.1. The average Bonchev–Trinajstić information content (AvgIpc) is 2.52. The molecule has 0 aliphatic heterocycles. The number of carbonyl (C=O) groups excluding carboxylic acids is 2. The van der Waals surface area contributed by atoms with Gasteiger partial charge in [-0.1, -0.05) is 12.5 Å². The molecule has 2 aliphatic rings. The summed E-state index contributed by atoms with van der Waals surface area (Å²) in [7, 11) is 3.89. The van der Waals surface area contributed by atoms with Crippen molar-refractivity contribution < 1.29 is 9.59 Å². The van der Waals surface area contributed by atoms with Crippen molar-refractivity contribution in [3.63, 3.8) is 0 Å². The quantitative estimate of drug-likeness (QED) is 0.925. The van der Waals surface area contributed by atoms with Crippen molar-refractivity contribution in [2.24, 2.45) is 17.8 Å². The largest absolute Gasteiger partial charge is 0.362 e. The van der Waals surface area contributed by atoms with Gasteiger partial charge in [0.05, 0.1) is 0 Å². The van der Waals surface area contributed by atoms with Crippen LogP contribution in [0.1, 0.15) is 37.7 Å². The highest BCUT2D eigenvalue weighted by atomic mass is 16.2. The molecule has 1 heterocycles. The van der Waals surface area contributed by atoms with Crippen LogP contribution in [0, 0.1) is 17.8 Å². The second-order valence-electron chi connectivity index (χ2n) is 6.99. The SMILES string of the molecule is CN(C)c1ncccc1CNC(=O)C1CC2CCCC(C1)C2=O. The molecule has 2 bridgehead atoms. The Morgan fingerprint density at radius 3 is 2.65 bits per heavy atom. The Bertz CT molecular complexity index is 584. The van der Waals surface area contributed by atoms with E-state index in [9.17, 15) is 9.59 Å². The molecule has 0 saturated heterocycles. The number of nitrogens with zero attached hydrogens (tertiary/aromatic N) is 2. The van der Waals surface area contributed by atoms with E-state index in [4.69, 9.17) is 0 Å². The van der Waals surface area contributed by atoms with Crippen molar-refractivity contribution in [1.29, 1.82) is 0 Å².